The van der Waals surface area contributed by atoms with E-state index in [0.29, 0.717) is 5.92 Å². The molecule has 0 radical (unpaired) electrons. The van der Waals surface area contributed by atoms with Crippen molar-refractivity contribution in [1.29, 1.82) is 0 Å². The normalized spacial score (nSPS) is 14.1. The van der Waals surface area contributed by atoms with Gasteiger partial charge in [-0.3, -0.25) is 0 Å². The molecule has 1 atom stereocenters. The monoisotopic (exact) mass is 240 g/mol. The summed E-state index contributed by atoms with van der Waals surface area (Å²) < 4.78 is 0. The molecule has 0 bridgehead atoms. The van der Waals surface area contributed by atoms with Gasteiger partial charge in [0, 0.05) is 17.2 Å². The van der Waals surface area contributed by atoms with Crippen molar-refractivity contribution >= 4 is 11.3 Å². The van der Waals surface area contributed by atoms with Gasteiger partial charge in [-0.2, -0.15) is 0 Å². The lowest BCUT2D eigenvalue weighted by atomic mass is 9.93. The predicted molar refractivity (Wildman–Crippen MR) is 72.2 cm³/mol. The van der Waals surface area contributed by atoms with Crippen molar-refractivity contribution in [2.75, 3.05) is 13.6 Å². The smallest absolute Gasteiger partial charge is 0.0931 e. The van der Waals surface area contributed by atoms with Crippen molar-refractivity contribution < 1.29 is 0 Å². The van der Waals surface area contributed by atoms with E-state index >= 15 is 0 Å². The van der Waals surface area contributed by atoms with Crippen LogP contribution in [-0.4, -0.2) is 18.6 Å². The Balaban J connectivity index is 2.52. The highest BCUT2D eigenvalue weighted by Gasteiger charge is 2.17. The molecular weight excluding hydrogens is 216 g/mol. The van der Waals surface area contributed by atoms with Gasteiger partial charge in [-0.15, -0.1) is 11.3 Å². The molecule has 0 saturated carbocycles. The molecule has 2 nitrogen and oxygen atoms in total. The molecule has 1 aromatic heterocycles. The van der Waals surface area contributed by atoms with Gasteiger partial charge in [0.2, 0.25) is 0 Å². The van der Waals surface area contributed by atoms with Crippen LogP contribution in [0.5, 0.6) is 0 Å². The Bertz CT molecular complexity index is 312. The lowest BCUT2D eigenvalue weighted by Crippen LogP contribution is -2.14. The lowest BCUT2D eigenvalue weighted by molar-refractivity contribution is 0.509. The molecule has 0 saturated heterocycles. The molecule has 1 aromatic rings. The van der Waals surface area contributed by atoms with Crippen LogP contribution in [0, 0.1) is 5.92 Å². The van der Waals surface area contributed by atoms with Crippen LogP contribution in [0.25, 0.3) is 0 Å². The second-order valence-electron chi connectivity index (χ2n) is 5.58. The maximum Gasteiger partial charge on any atom is 0.0931 e. The van der Waals surface area contributed by atoms with Crippen molar-refractivity contribution in [2.24, 2.45) is 5.92 Å². The summed E-state index contributed by atoms with van der Waals surface area (Å²) in [5.41, 5.74) is 1.41. The van der Waals surface area contributed by atoms with Crippen LogP contribution in [0.2, 0.25) is 0 Å². The van der Waals surface area contributed by atoms with E-state index in [4.69, 9.17) is 4.98 Å². The van der Waals surface area contributed by atoms with E-state index in [1.165, 1.54) is 17.1 Å². The van der Waals surface area contributed by atoms with Crippen molar-refractivity contribution in [3.63, 3.8) is 0 Å². The Kier molecular flexibility index (Phi) is 4.93. The first-order valence-electron chi connectivity index (χ1n) is 6.03. The van der Waals surface area contributed by atoms with Gasteiger partial charge in [0.1, 0.15) is 0 Å². The maximum atomic E-state index is 4.73. The second-order valence-corrected chi connectivity index (χ2v) is 6.52. The third-order valence-corrected chi connectivity index (χ3v) is 3.60. The van der Waals surface area contributed by atoms with Crippen molar-refractivity contribution in [2.45, 2.75) is 46.0 Å². The molecule has 1 N–H and O–H groups in total. The number of nitrogens with zero attached hydrogens (tertiary/aromatic N) is 1. The summed E-state index contributed by atoms with van der Waals surface area (Å²) in [6, 6.07) is 0. The number of hydrogen-bond acceptors (Lipinski definition) is 3. The lowest BCUT2D eigenvalue weighted by Gasteiger charge is -2.14. The molecule has 0 aliphatic rings. The summed E-state index contributed by atoms with van der Waals surface area (Å²) in [4.78, 5) is 4.73. The minimum atomic E-state index is 0.183. The number of thiazole rings is 1. The van der Waals surface area contributed by atoms with Crippen LogP contribution in [0.1, 0.15) is 44.8 Å². The molecule has 16 heavy (non-hydrogen) atoms. The first kappa shape index (κ1) is 13.7. The Hall–Kier alpha value is -0.410. The third kappa shape index (κ3) is 4.22. The first-order valence-corrected chi connectivity index (χ1v) is 6.91. The van der Waals surface area contributed by atoms with Crippen LogP contribution in [0.15, 0.2) is 5.38 Å². The number of aromatic nitrogens is 1. The highest BCUT2D eigenvalue weighted by Crippen LogP contribution is 2.25. The van der Waals surface area contributed by atoms with Gasteiger partial charge in [0.15, 0.2) is 0 Å². The average molecular weight is 240 g/mol. The SMILES string of the molecule is CNCCC(C)Cc1nc(C(C)(C)C)cs1. The fraction of sp³-hybridized carbons (Fsp3) is 0.769. The average Bonchev–Trinajstić information content (AvgIpc) is 2.62. The Morgan fingerprint density at radius 1 is 1.44 bits per heavy atom. The van der Waals surface area contributed by atoms with Crippen molar-refractivity contribution in [3.8, 4) is 0 Å². The molecule has 0 aliphatic heterocycles. The summed E-state index contributed by atoms with van der Waals surface area (Å²) in [5.74, 6) is 0.714. The fourth-order valence-corrected chi connectivity index (χ4v) is 2.73. The molecule has 1 heterocycles. The quantitative estimate of drug-likeness (QED) is 0.854. The summed E-state index contributed by atoms with van der Waals surface area (Å²) >= 11 is 1.81. The van der Waals surface area contributed by atoms with Crippen LogP contribution >= 0.6 is 11.3 Å². The van der Waals surface area contributed by atoms with Gasteiger partial charge in [0.05, 0.1) is 10.7 Å². The zero-order chi connectivity index (χ0) is 12.2. The molecule has 0 spiro atoms. The van der Waals surface area contributed by atoms with Crippen LogP contribution < -0.4 is 5.32 Å². The summed E-state index contributed by atoms with van der Waals surface area (Å²) in [7, 11) is 2.01. The largest absolute Gasteiger partial charge is 0.320 e. The van der Waals surface area contributed by atoms with Crippen LogP contribution in [0.3, 0.4) is 0 Å². The third-order valence-electron chi connectivity index (χ3n) is 2.73. The first-order chi connectivity index (χ1) is 7.43. The molecule has 1 rings (SSSR count). The molecule has 0 aliphatic carbocycles. The molecule has 92 valence electrons. The van der Waals surface area contributed by atoms with Gasteiger partial charge in [-0.1, -0.05) is 27.7 Å². The van der Waals surface area contributed by atoms with Crippen LogP contribution in [0.4, 0.5) is 0 Å². The Morgan fingerprint density at radius 3 is 2.62 bits per heavy atom. The predicted octanol–water partition coefficient (Wildman–Crippen LogP) is 3.23. The minimum Gasteiger partial charge on any atom is -0.320 e. The summed E-state index contributed by atoms with van der Waals surface area (Å²) in [5, 5.41) is 6.69. The van der Waals surface area contributed by atoms with Crippen molar-refractivity contribution in [1.82, 2.24) is 10.3 Å². The van der Waals surface area contributed by atoms with E-state index in [1.54, 1.807) is 11.3 Å². The van der Waals surface area contributed by atoms with E-state index in [-0.39, 0.29) is 5.41 Å². The highest BCUT2D eigenvalue weighted by molar-refractivity contribution is 7.09. The molecule has 0 fully saturated rings. The zero-order valence-corrected chi connectivity index (χ0v) is 11.9. The standard InChI is InChI=1S/C13H24N2S/c1-10(6-7-14-5)8-12-15-11(9-16-12)13(2,3)4/h9-10,14H,6-8H2,1-5H3. The minimum absolute atomic E-state index is 0.183. The summed E-state index contributed by atoms with van der Waals surface area (Å²) in [6.07, 6.45) is 2.34. The summed E-state index contributed by atoms with van der Waals surface area (Å²) in [6.45, 7) is 10.1. The number of hydrogen-bond donors (Lipinski definition) is 1. The highest BCUT2D eigenvalue weighted by atomic mass is 32.1. The van der Waals surface area contributed by atoms with E-state index in [0.717, 1.165) is 13.0 Å². The van der Waals surface area contributed by atoms with Crippen molar-refractivity contribution in [3.05, 3.63) is 16.1 Å². The van der Waals surface area contributed by atoms with E-state index in [1.807, 2.05) is 7.05 Å². The van der Waals surface area contributed by atoms with E-state index in [9.17, 15) is 0 Å². The van der Waals surface area contributed by atoms with E-state index < -0.39 is 0 Å². The van der Waals surface area contributed by atoms with Gasteiger partial charge in [0.25, 0.3) is 0 Å². The van der Waals surface area contributed by atoms with Gasteiger partial charge in [-0.05, 0) is 25.9 Å². The number of rotatable bonds is 5. The molecule has 3 heteroatoms. The Labute approximate surface area is 103 Å². The topological polar surface area (TPSA) is 24.9 Å². The van der Waals surface area contributed by atoms with Gasteiger partial charge in [-0.25, -0.2) is 4.98 Å². The molecule has 0 aromatic carbocycles. The maximum absolute atomic E-state index is 4.73. The molecular formula is C13H24N2S. The molecule has 0 amide bonds. The van der Waals surface area contributed by atoms with Gasteiger partial charge >= 0.3 is 0 Å². The fourth-order valence-electron chi connectivity index (χ4n) is 1.54. The van der Waals surface area contributed by atoms with Gasteiger partial charge < -0.3 is 5.32 Å². The second kappa shape index (κ2) is 5.78. The Morgan fingerprint density at radius 2 is 2.12 bits per heavy atom. The number of nitrogens with one attached hydrogen (secondary N) is 1. The van der Waals surface area contributed by atoms with Crippen LogP contribution in [-0.2, 0) is 11.8 Å². The zero-order valence-electron chi connectivity index (χ0n) is 11.1. The van der Waals surface area contributed by atoms with E-state index in [2.05, 4.69) is 38.4 Å². The molecule has 1 unspecified atom stereocenters.